The lowest BCUT2D eigenvalue weighted by molar-refractivity contribution is 0.0545. The zero-order valence-corrected chi connectivity index (χ0v) is 17.4. The predicted molar refractivity (Wildman–Crippen MR) is 100 cm³/mol. The first-order chi connectivity index (χ1) is 11.2. The number of halogens is 3. The van der Waals surface area contributed by atoms with Crippen molar-refractivity contribution >= 4 is 52.5 Å². The van der Waals surface area contributed by atoms with E-state index in [0.717, 1.165) is 6.04 Å². The van der Waals surface area contributed by atoms with Gasteiger partial charge in [-0.2, -0.15) is 0 Å². The summed E-state index contributed by atoms with van der Waals surface area (Å²) in [6, 6.07) is 4.02. The van der Waals surface area contributed by atoms with E-state index in [0.29, 0.717) is 16.5 Å². The number of hydrogen-bond acceptors (Lipinski definition) is 3. The molecule has 8 heteroatoms. The van der Waals surface area contributed by atoms with Crippen LogP contribution in [0.4, 0.5) is 4.39 Å². The second-order valence-corrected chi connectivity index (χ2v) is 13.6. The molecule has 0 atom stereocenters. The number of carbonyl (C=O) groups is 1. The molecule has 0 aliphatic carbocycles. The van der Waals surface area contributed by atoms with E-state index in [1.807, 2.05) is 0 Å². The normalized spacial score (nSPS) is 12.0. The Balaban J connectivity index is 2.43. The van der Waals surface area contributed by atoms with Gasteiger partial charge in [-0.3, -0.25) is 0 Å². The fourth-order valence-corrected chi connectivity index (χ4v) is 3.89. The number of ether oxygens (including phenoxy) is 2. The van der Waals surface area contributed by atoms with Crippen molar-refractivity contribution < 1.29 is 18.7 Å². The molecule has 0 fully saturated rings. The minimum absolute atomic E-state index is 0.0211. The summed E-state index contributed by atoms with van der Waals surface area (Å²) in [6.07, 6.45) is 0. The molecule has 0 saturated heterocycles. The van der Waals surface area contributed by atoms with Crippen molar-refractivity contribution in [2.24, 2.45) is 0 Å². The maximum absolute atomic E-state index is 14.5. The number of esters is 1. The molecule has 4 nitrogen and oxygen atoms in total. The molecule has 0 bridgehead atoms. The first-order valence-electron chi connectivity index (χ1n) is 7.48. The smallest absolute Gasteiger partial charge is 0.354 e. The molecule has 1 heterocycles. The first-order valence-corrected chi connectivity index (χ1v) is 12.4. The SMILES string of the molecule is COC(=O)c1cc2c(Br)cc(Cl)c(F)c2n1COCC[Si](C)(C)C. The summed E-state index contributed by atoms with van der Waals surface area (Å²) in [7, 11) is 0.0539. The summed E-state index contributed by atoms with van der Waals surface area (Å²) >= 11 is 9.30. The van der Waals surface area contributed by atoms with E-state index in [1.54, 1.807) is 6.07 Å². The second-order valence-electron chi connectivity index (χ2n) is 6.71. The highest BCUT2D eigenvalue weighted by molar-refractivity contribution is 9.10. The van der Waals surface area contributed by atoms with Gasteiger partial charge in [-0.25, -0.2) is 9.18 Å². The van der Waals surface area contributed by atoms with Gasteiger partial charge >= 0.3 is 5.97 Å². The van der Waals surface area contributed by atoms with Crippen LogP contribution in [0.2, 0.25) is 30.7 Å². The van der Waals surface area contributed by atoms with Crippen molar-refractivity contribution in [1.29, 1.82) is 0 Å². The van der Waals surface area contributed by atoms with Crippen molar-refractivity contribution in [1.82, 2.24) is 4.57 Å². The van der Waals surface area contributed by atoms with Crippen LogP contribution in [0.1, 0.15) is 10.5 Å². The molecule has 0 aliphatic rings. The monoisotopic (exact) mass is 435 g/mol. The van der Waals surface area contributed by atoms with Gasteiger partial charge in [0.1, 0.15) is 12.4 Å². The number of hydrogen-bond donors (Lipinski definition) is 0. The van der Waals surface area contributed by atoms with E-state index >= 15 is 0 Å². The van der Waals surface area contributed by atoms with Gasteiger partial charge in [-0.1, -0.05) is 47.2 Å². The molecule has 0 unspecified atom stereocenters. The second kappa shape index (κ2) is 7.55. The zero-order valence-electron chi connectivity index (χ0n) is 14.1. The molecule has 24 heavy (non-hydrogen) atoms. The summed E-state index contributed by atoms with van der Waals surface area (Å²) in [5.74, 6) is -1.14. The molecule has 0 N–H and O–H groups in total. The van der Waals surface area contributed by atoms with E-state index in [1.165, 1.54) is 17.7 Å². The maximum Gasteiger partial charge on any atom is 0.354 e. The van der Waals surface area contributed by atoms with Gasteiger partial charge < -0.3 is 14.0 Å². The van der Waals surface area contributed by atoms with Gasteiger partial charge in [0, 0.05) is 24.5 Å². The van der Waals surface area contributed by atoms with Gasteiger partial charge in [-0.05, 0) is 18.2 Å². The van der Waals surface area contributed by atoms with Crippen molar-refractivity contribution in [3.63, 3.8) is 0 Å². The molecule has 0 amide bonds. The van der Waals surface area contributed by atoms with Crippen LogP contribution in [0.15, 0.2) is 16.6 Å². The van der Waals surface area contributed by atoms with Gasteiger partial charge in [0.2, 0.25) is 0 Å². The zero-order chi connectivity index (χ0) is 18.1. The third kappa shape index (κ3) is 4.19. The summed E-state index contributed by atoms with van der Waals surface area (Å²) in [4.78, 5) is 12.0. The molecule has 2 rings (SSSR count). The van der Waals surface area contributed by atoms with Crippen LogP contribution in [0.3, 0.4) is 0 Å². The average Bonchev–Trinajstić information content (AvgIpc) is 2.87. The number of rotatable bonds is 6. The lowest BCUT2D eigenvalue weighted by atomic mass is 10.2. The maximum atomic E-state index is 14.5. The van der Waals surface area contributed by atoms with Gasteiger partial charge in [-0.15, -0.1) is 0 Å². The molecule has 0 saturated carbocycles. The Hall–Kier alpha value is -0.893. The number of benzene rings is 1. The highest BCUT2D eigenvalue weighted by Crippen LogP contribution is 2.34. The van der Waals surface area contributed by atoms with Gasteiger partial charge in [0.15, 0.2) is 5.82 Å². The third-order valence-electron chi connectivity index (χ3n) is 3.64. The Bertz CT molecular complexity index is 773. The van der Waals surface area contributed by atoms with Crippen LogP contribution < -0.4 is 0 Å². The van der Waals surface area contributed by atoms with Crippen molar-refractivity contribution in [3.05, 3.63) is 33.1 Å². The highest BCUT2D eigenvalue weighted by atomic mass is 79.9. The molecule has 132 valence electrons. The number of carbonyl (C=O) groups excluding carboxylic acids is 1. The molecule has 1 aromatic carbocycles. The number of aromatic nitrogens is 1. The van der Waals surface area contributed by atoms with Crippen LogP contribution in [0.5, 0.6) is 0 Å². The molecule has 0 aliphatic heterocycles. The average molecular weight is 437 g/mol. The Labute approximate surface area is 155 Å². The molecule has 0 radical (unpaired) electrons. The van der Waals surface area contributed by atoms with Crippen molar-refractivity contribution in [2.45, 2.75) is 32.4 Å². The summed E-state index contributed by atoms with van der Waals surface area (Å²) in [5.41, 5.74) is 0.449. The van der Waals surface area contributed by atoms with Crippen molar-refractivity contribution in [3.8, 4) is 0 Å². The fraction of sp³-hybridized carbons (Fsp3) is 0.438. The van der Waals surface area contributed by atoms with E-state index in [-0.39, 0.29) is 23.0 Å². The number of methoxy groups -OCH3 is 1. The fourth-order valence-electron chi connectivity index (χ4n) is 2.28. The Kier molecular flexibility index (Phi) is 6.12. The quantitative estimate of drug-likeness (QED) is 0.267. The topological polar surface area (TPSA) is 40.5 Å². The Morgan fingerprint density at radius 3 is 2.62 bits per heavy atom. The van der Waals surface area contributed by atoms with Gasteiger partial charge in [0.05, 0.1) is 17.6 Å². The molecular formula is C16H20BrClFNO3Si. The highest BCUT2D eigenvalue weighted by Gasteiger charge is 2.22. The molecular weight excluding hydrogens is 417 g/mol. The number of nitrogens with zero attached hydrogens (tertiary/aromatic N) is 1. The largest absolute Gasteiger partial charge is 0.464 e. The lowest BCUT2D eigenvalue weighted by Gasteiger charge is -2.16. The van der Waals surface area contributed by atoms with E-state index in [2.05, 4.69) is 35.6 Å². The summed E-state index contributed by atoms with van der Waals surface area (Å²) in [5, 5.41) is 0.526. The Morgan fingerprint density at radius 2 is 2.04 bits per heavy atom. The Morgan fingerprint density at radius 1 is 1.38 bits per heavy atom. The summed E-state index contributed by atoms with van der Waals surface area (Å²) in [6.45, 7) is 7.36. The van der Waals surface area contributed by atoms with Crippen LogP contribution in [0, 0.1) is 5.82 Å². The molecule has 2 aromatic rings. The van der Waals surface area contributed by atoms with E-state index in [9.17, 15) is 9.18 Å². The van der Waals surface area contributed by atoms with Gasteiger partial charge in [0.25, 0.3) is 0 Å². The predicted octanol–water partition coefficient (Wildman–Crippen LogP) is 5.30. The van der Waals surface area contributed by atoms with Crippen LogP contribution >= 0.6 is 27.5 Å². The van der Waals surface area contributed by atoms with Crippen LogP contribution in [0.25, 0.3) is 10.9 Å². The standard InChI is InChI=1S/C16H20BrClFNO3Si/c1-22-16(21)13-7-10-11(17)8-12(18)14(19)15(10)20(13)9-23-5-6-24(2,3)4/h7-8H,5-6,9H2,1-4H3. The number of fused-ring (bicyclic) bond motifs is 1. The lowest BCUT2D eigenvalue weighted by Crippen LogP contribution is -2.22. The third-order valence-corrected chi connectivity index (χ3v) is 6.27. The van der Waals surface area contributed by atoms with Crippen LogP contribution in [-0.2, 0) is 16.2 Å². The van der Waals surface area contributed by atoms with Crippen molar-refractivity contribution in [2.75, 3.05) is 13.7 Å². The van der Waals surface area contributed by atoms with Crippen LogP contribution in [-0.4, -0.2) is 32.3 Å². The molecule has 1 aromatic heterocycles. The van der Waals surface area contributed by atoms with E-state index in [4.69, 9.17) is 21.1 Å². The molecule has 0 spiro atoms. The van der Waals surface area contributed by atoms with E-state index < -0.39 is 19.9 Å². The first kappa shape index (κ1) is 19.4. The summed E-state index contributed by atoms with van der Waals surface area (Å²) < 4.78 is 27.1. The minimum Gasteiger partial charge on any atom is -0.464 e. The minimum atomic E-state index is -1.23.